The van der Waals surface area contributed by atoms with E-state index in [-0.39, 0.29) is 22.2 Å². The smallest absolute Gasteiger partial charge is 0.322 e. The van der Waals surface area contributed by atoms with Crippen LogP contribution in [-0.4, -0.2) is 22.1 Å². The highest BCUT2D eigenvalue weighted by molar-refractivity contribution is 5.96. The quantitative estimate of drug-likeness (QED) is 0.671. The van der Waals surface area contributed by atoms with E-state index in [1.165, 1.54) is 25.3 Å². The van der Waals surface area contributed by atoms with Gasteiger partial charge in [-0.15, -0.1) is 0 Å². The fourth-order valence-electron chi connectivity index (χ4n) is 1.79. The van der Waals surface area contributed by atoms with Crippen LogP contribution in [0.4, 0.5) is 11.4 Å². The highest BCUT2D eigenvalue weighted by Gasteiger charge is 2.24. The minimum Gasteiger partial charge on any atom is -0.499 e. The maximum Gasteiger partial charge on any atom is 0.322 e. The molecule has 0 aliphatic heterocycles. The molecule has 0 aliphatic carbocycles. The molecule has 0 unspecified atom stereocenters. The predicted octanol–water partition coefficient (Wildman–Crippen LogP) is 2.37. The van der Waals surface area contributed by atoms with Crippen LogP contribution in [0.15, 0.2) is 24.3 Å². The van der Waals surface area contributed by atoms with Gasteiger partial charge in [-0.25, -0.2) is 0 Å². The van der Waals surface area contributed by atoms with Crippen LogP contribution in [0.2, 0.25) is 0 Å². The lowest BCUT2D eigenvalue weighted by Gasteiger charge is -2.07. The van der Waals surface area contributed by atoms with E-state index in [2.05, 4.69) is 0 Å². The number of nitrogens with zero attached hydrogens (tertiary/aromatic N) is 2. The van der Waals surface area contributed by atoms with Crippen molar-refractivity contribution in [3.8, 4) is 11.5 Å². The highest BCUT2D eigenvalue weighted by Crippen LogP contribution is 2.42. The van der Waals surface area contributed by atoms with Crippen molar-refractivity contribution < 1.29 is 19.7 Å². The second-order valence-electron chi connectivity index (χ2n) is 3.70. The monoisotopic (exact) mass is 264 g/mol. The molecule has 1 N–H and O–H groups in total. The van der Waals surface area contributed by atoms with Crippen molar-refractivity contribution in [1.82, 2.24) is 0 Å². The Labute approximate surface area is 106 Å². The van der Waals surface area contributed by atoms with Gasteiger partial charge in [-0.2, -0.15) is 0 Å². The SMILES string of the molecule is COc1cc2cc([N+](=O)[O-])ccc2c([N+](=O)[O-])c1O. The number of phenolic OH excluding ortho intramolecular Hbond substituents is 1. The molecule has 8 nitrogen and oxygen atoms in total. The van der Waals surface area contributed by atoms with Crippen molar-refractivity contribution in [3.05, 3.63) is 44.5 Å². The Hall–Kier alpha value is -2.90. The zero-order chi connectivity index (χ0) is 14.2. The van der Waals surface area contributed by atoms with Crippen LogP contribution in [0, 0.1) is 20.2 Å². The molecule has 0 aliphatic rings. The molecule has 0 fully saturated rings. The van der Waals surface area contributed by atoms with Gasteiger partial charge in [0.2, 0.25) is 5.75 Å². The molecule has 0 spiro atoms. The number of ether oxygens (including phenoxy) is 1. The summed E-state index contributed by atoms with van der Waals surface area (Å²) in [6, 6.07) is 4.86. The summed E-state index contributed by atoms with van der Waals surface area (Å²) >= 11 is 0. The summed E-state index contributed by atoms with van der Waals surface area (Å²) in [4.78, 5) is 20.3. The van der Waals surface area contributed by atoms with Crippen LogP contribution in [0.3, 0.4) is 0 Å². The van der Waals surface area contributed by atoms with Crippen molar-refractivity contribution in [2.45, 2.75) is 0 Å². The third kappa shape index (κ3) is 1.99. The van der Waals surface area contributed by atoms with Crippen LogP contribution in [-0.2, 0) is 0 Å². The Morgan fingerprint density at radius 3 is 2.37 bits per heavy atom. The lowest BCUT2D eigenvalue weighted by Crippen LogP contribution is -1.95. The zero-order valence-corrected chi connectivity index (χ0v) is 9.69. The molecule has 0 heterocycles. The largest absolute Gasteiger partial charge is 0.499 e. The van der Waals surface area contributed by atoms with Crippen molar-refractivity contribution in [1.29, 1.82) is 0 Å². The average Bonchev–Trinajstić information content (AvgIpc) is 2.36. The Morgan fingerprint density at radius 2 is 1.84 bits per heavy atom. The van der Waals surface area contributed by atoms with Gasteiger partial charge in [-0.05, 0) is 17.5 Å². The zero-order valence-electron chi connectivity index (χ0n) is 9.69. The van der Waals surface area contributed by atoms with Crippen molar-refractivity contribution >= 4 is 22.1 Å². The molecule has 0 saturated carbocycles. The van der Waals surface area contributed by atoms with Crippen LogP contribution in [0.1, 0.15) is 0 Å². The Bertz CT molecular complexity index is 697. The maximum absolute atomic E-state index is 11.0. The third-order valence-electron chi connectivity index (χ3n) is 2.65. The van der Waals surface area contributed by atoms with E-state index in [0.29, 0.717) is 0 Å². The molecule has 2 aromatic rings. The fraction of sp³-hybridized carbons (Fsp3) is 0.0909. The average molecular weight is 264 g/mol. The first-order valence-corrected chi connectivity index (χ1v) is 5.08. The summed E-state index contributed by atoms with van der Waals surface area (Å²) in [5, 5.41) is 31.7. The maximum atomic E-state index is 11.0. The van der Waals surface area contributed by atoms with Crippen LogP contribution >= 0.6 is 0 Å². The first-order chi connectivity index (χ1) is 8.95. The number of hydrogen-bond donors (Lipinski definition) is 1. The molecule has 0 bridgehead atoms. The summed E-state index contributed by atoms with van der Waals surface area (Å²) in [7, 11) is 1.24. The molecule has 8 heteroatoms. The summed E-state index contributed by atoms with van der Waals surface area (Å²) in [6.07, 6.45) is 0. The molecule has 2 aromatic carbocycles. The minimum atomic E-state index is -0.758. The highest BCUT2D eigenvalue weighted by atomic mass is 16.6. The van der Waals surface area contributed by atoms with Gasteiger partial charge in [0, 0.05) is 12.1 Å². The predicted molar refractivity (Wildman–Crippen MR) is 65.5 cm³/mol. The van der Waals surface area contributed by atoms with E-state index in [4.69, 9.17) is 4.74 Å². The molecule has 2 rings (SSSR count). The number of aromatic hydroxyl groups is 1. The summed E-state index contributed by atoms with van der Waals surface area (Å²) in [5.41, 5.74) is -0.737. The van der Waals surface area contributed by atoms with Gasteiger partial charge in [-0.3, -0.25) is 20.2 Å². The van der Waals surface area contributed by atoms with E-state index < -0.39 is 21.3 Å². The van der Waals surface area contributed by atoms with Gasteiger partial charge >= 0.3 is 5.69 Å². The number of phenols is 1. The van der Waals surface area contributed by atoms with Gasteiger partial charge in [0.05, 0.1) is 22.3 Å². The number of nitro groups is 2. The van der Waals surface area contributed by atoms with E-state index in [9.17, 15) is 25.3 Å². The van der Waals surface area contributed by atoms with Crippen molar-refractivity contribution in [3.63, 3.8) is 0 Å². The second-order valence-corrected chi connectivity index (χ2v) is 3.70. The molecule has 0 radical (unpaired) electrons. The van der Waals surface area contributed by atoms with Gasteiger partial charge in [0.1, 0.15) is 0 Å². The number of nitro benzene ring substituents is 2. The van der Waals surface area contributed by atoms with Crippen molar-refractivity contribution in [2.75, 3.05) is 7.11 Å². The Balaban J connectivity index is 2.87. The third-order valence-corrected chi connectivity index (χ3v) is 2.65. The molecule has 0 saturated heterocycles. The molecule has 98 valence electrons. The van der Waals surface area contributed by atoms with Crippen LogP contribution in [0.5, 0.6) is 11.5 Å². The topological polar surface area (TPSA) is 116 Å². The standard InChI is InChI=1S/C11H8N2O6/c1-19-9-5-6-4-7(12(15)16)2-3-8(6)10(11(9)14)13(17)18/h2-5,14H,1H3. The molecular weight excluding hydrogens is 256 g/mol. The summed E-state index contributed by atoms with van der Waals surface area (Å²) < 4.78 is 4.82. The van der Waals surface area contributed by atoms with E-state index in [1.807, 2.05) is 0 Å². The number of fused-ring (bicyclic) bond motifs is 1. The van der Waals surface area contributed by atoms with Gasteiger partial charge in [-0.1, -0.05) is 0 Å². The first-order valence-electron chi connectivity index (χ1n) is 5.08. The Morgan fingerprint density at radius 1 is 1.16 bits per heavy atom. The molecule has 0 aromatic heterocycles. The number of rotatable bonds is 3. The van der Waals surface area contributed by atoms with E-state index in [0.717, 1.165) is 6.07 Å². The van der Waals surface area contributed by atoms with Crippen molar-refractivity contribution in [2.24, 2.45) is 0 Å². The van der Waals surface area contributed by atoms with E-state index in [1.54, 1.807) is 0 Å². The second kappa shape index (κ2) is 4.41. The van der Waals surface area contributed by atoms with E-state index >= 15 is 0 Å². The van der Waals surface area contributed by atoms with Gasteiger partial charge in [0.15, 0.2) is 5.75 Å². The summed E-state index contributed by atoms with van der Waals surface area (Å²) in [5.74, 6) is -0.714. The number of methoxy groups -OCH3 is 1. The number of hydrogen-bond acceptors (Lipinski definition) is 6. The first kappa shape index (κ1) is 12.6. The normalized spacial score (nSPS) is 10.4. The number of benzene rings is 2. The molecule has 19 heavy (non-hydrogen) atoms. The minimum absolute atomic E-state index is 0.105. The molecule has 0 amide bonds. The lowest BCUT2D eigenvalue weighted by atomic mass is 10.1. The van der Waals surface area contributed by atoms with Crippen LogP contribution in [0.25, 0.3) is 10.8 Å². The Kier molecular flexibility index (Phi) is 2.91. The summed E-state index contributed by atoms with van der Waals surface area (Å²) in [6.45, 7) is 0. The number of non-ortho nitro benzene ring substituents is 1. The van der Waals surface area contributed by atoms with Gasteiger partial charge in [0.25, 0.3) is 5.69 Å². The van der Waals surface area contributed by atoms with Gasteiger partial charge < -0.3 is 9.84 Å². The molecule has 0 atom stereocenters. The van der Waals surface area contributed by atoms with Crippen LogP contribution < -0.4 is 4.74 Å². The lowest BCUT2D eigenvalue weighted by molar-refractivity contribution is -0.385. The fourth-order valence-corrected chi connectivity index (χ4v) is 1.79. The molecular formula is C11H8N2O6.